The van der Waals surface area contributed by atoms with Crippen LogP contribution < -0.4 is 10.6 Å². The summed E-state index contributed by atoms with van der Waals surface area (Å²) in [5.74, 6) is -1.13. The fraction of sp³-hybridized carbons (Fsp3) is 0.500. The summed E-state index contributed by atoms with van der Waals surface area (Å²) in [5.41, 5.74) is 0.349. The van der Waals surface area contributed by atoms with Crippen LogP contribution in [0.15, 0.2) is 6.07 Å². The second-order valence-electron chi connectivity index (χ2n) is 4.44. The van der Waals surface area contributed by atoms with E-state index in [1.165, 1.54) is 18.3 Å². The van der Waals surface area contributed by atoms with E-state index in [1.807, 2.05) is 6.92 Å². The highest BCUT2D eigenvalue weighted by atomic mass is 32.1. The average Bonchev–Trinajstić information content (AvgIpc) is 2.81. The van der Waals surface area contributed by atoms with Crippen molar-refractivity contribution in [3.05, 3.63) is 16.5 Å². The van der Waals surface area contributed by atoms with Gasteiger partial charge >= 0.3 is 5.97 Å². The SMILES string of the molecule is CCOC(=O)c1cc(CC)sc1NC(=O)C(C)NC(C)=O. The minimum absolute atomic E-state index is 0.270. The maximum atomic E-state index is 12.0. The van der Waals surface area contributed by atoms with E-state index in [-0.39, 0.29) is 18.4 Å². The van der Waals surface area contributed by atoms with E-state index >= 15 is 0 Å². The van der Waals surface area contributed by atoms with Gasteiger partial charge in [0.15, 0.2) is 0 Å². The molecule has 6 nitrogen and oxygen atoms in total. The van der Waals surface area contributed by atoms with E-state index in [0.29, 0.717) is 10.6 Å². The van der Waals surface area contributed by atoms with Crippen molar-refractivity contribution in [1.82, 2.24) is 5.32 Å². The summed E-state index contributed by atoms with van der Waals surface area (Å²) in [5, 5.41) is 5.62. The summed E-state index contributed by atoms with van der Waals surface area (Å²) >= 11 is 1.33. The van der Waals surface area contributed by atoms with Gasteiger partial charge in [0.2, 0.25) is 11.8 Å². The first-order valence-corrected chi connectivity index (χ1v) is 7.58. The third kappa shape index (κ3) is 4.86. The van der Waals surface area contributed by atoms with E-state index in [0.717, 1.165) is 11.3 Å². The average molecular weight is 312 g/mol. The Morgan fingerprint density at radius 3 is 2.52 bits per heavy atom. The third-order valence-corrected chi connectivity index (χ3v) is 3.87. The lowest BCUT2D eigenvalue weighted by atomic mass is 10.2. The Morgan fingerprint density at radius 2 is 2.00 bits per heavy atom. The van der Waals surface area contributed by atoms with Crippen LogP contribution in [-0.4, -0.2) is 30.4 Å². The highest BCUT2D eigenvalue weighted by molar-refractivity contribution is 7.16. The van der Waals surface area contributed by atoms with Crippen LogP contribution in [0, 0.1) is 0 Å². The van der Waals surface area contributed by atoms with Crippen LogP contribution in [0.1, 0.15) is 42.9 Å². The van der Waals surface area contributed by atoms with Crippen molar-refractivity contribution in [1.29, 1.82) is 0 Å². The Kier molecular flexibility index (Phi) is 6.36. The lowest BCUT2D eigenvalue weighted by molar-refractivity contribution is -0.124. The summed E-state index contributed by atoms with van der Waals surface area (Å²) in [6.07, 6.45) is 0.758. The Morgan fingerprint density at radius 1 is 1.33 bits per heavy atom. The molecule has 0 aliphatic carbocycles. The molecule has 116 valence electrons. The van der Waals surface area contributed by atoms with Crippen LogP contribution in [0.5, 0.6) is 0 Å². The van der Waals surface area contributed by atoms with Crippen LogP contribution in [0.3, 0.4) is 0 Å². The largest absolute Gasteiger partial charge is 0.462 e. The zero-order valence-corrected chi connectivity index (χ0v) is 13.4. The summed E-state index contributed by atoms with van der Waals surface area (Å²) in [7, 11) is 0. The number of carbonyl (C=O) groups excluding carboxylic acids is 3. The van der Waals surface area contributed by atoms with Crippen LogP contribution in [0.2, 0.25) is 0 Å². The zero-order chi connectivity index (χ0) is 16.0. The zero-order valence-electron chi connectivity index (χ0n) is 12.6. The maximum Gasteiger partial charge on any atom is 0.341 e. The topological polar surface area (TPSA) is 84.5 Å². The molecule has 1 unspecified atom stereocenters. The predicted molar refractivity (Wildman–Crippen MR) is 81.6 cm³/mol. The molecule has 0 aromatic carbocycles. The molecule has 0 spiro atoms. The molecule has 1 aromatic heterocycles. The molecule has 1 heterocycles. The molecule has 2 amide bonds. The normalized spacial score (nSPS) is 11.6. The fourth-order valence-electron chi connectivity index (χ4n) is 1.66. The number of nitrogens with one attached hydrogen (secondary N) is 2. The Balaban J connectivity index is 2.91. The molecule has 0 saturated carbocycles. The van der Waals surface area contributed by atoms with Gasteiger partial charge in [0.05, 0.1) is 12.2 Å². The summed E-state index contributed by atoms with van der Waals surface area (Å²) in [6.45, 7) is 6.88. The van der Waals surface area contributed by atoms with Gasteiger partial charge in [0.25, 0.3) is 0 Å². The quantitative estimate of drug-likeness (QED) is 0.786. The molecule has 1 atom stereocenters. The molecular weight excluding hydrogens is 292 g/mol. The van der Waals surface area contributed by atoms with Gasteiger partial charge in [0.1, 0.15) is 11.0 Å². The molecule has 21 heavy (non-hydrogen) atoms. The Hall–Kier alpha value is -1.89. The van der Waals surface area contributed by atoms with Crippen molar-refractivity contribution >= 4 is 34.1 Å². The third-order valence-electron chi connectivity index (χ3n) is 2.68. The number of thiophene rings is 1. The highest BCUT2D eigenvalue weighted by Gasteiger charge is 2.21. The molecule has 0 bridgehead atoms. The predicted octanol–water partition coefficient (Wildman–Crippen LogP) is 1.95. The molecule has 0 radical (unpaired) electrons. The van der Waals surface area contributed by atoms with Crippen LogP contribution in [0.4, 0.5) is 5.00 Å². The highest BCUT2D eigenvalue weighted by Crippen LogP contribution is 2.29. The molecular formula is C14H20N2O4S. The summed E-state index contributed by atoms with van der Waals surface area (Å²) in [4.78, 5) is 35.8. The van der Waals surface area contributed by atoms with E-state index in [4.69, 9.17) is 4.74 Å². The molecule has 0 fully saturated rings. The Labute approximate surface area is 127 Å². The summed E-state index contributed by atoms with van der Waals surface area (Å²) < 4.78 is 4.98. The lowest BCUT2D eigenvalue weighted by Gasteiger charge is -2.12. The van der Waals surface area contributed by atoms with E-state index in [9.17, 15) is 14.4 Å². The number of ether oxygens (including phenoxy) is 1. The van der Waals surface area contributed by atoms with Crippen LogP contribution in [0.25, 0.3) is 0 Å². The first-order valence-electron chi connectivity index (χ1n) is 6.76. The minimum atomic E-state index is -0.676. The van der Waals surface area contributed by atoms with Crippen molar-refractivity contribution in [3.8, 4) is 0 Å². The van der Waals surface area contributed by atoms with Gasteiger partial charge in [-0.15, -0.1) is 11.3 Å². The van der Waals surface area contributed by atoms with Gasteiger partial charge in [-0.05, 0) is 26.3 Å². The Bertz CT molecular complexity index is 539. The van der Waals surface area contributed by atoms with Gasteiger partial charge in [0, 0.05) is 11.8 Å². The van der Waals surface area contributed by atoms with Crippen LogP contribution >= 0.6 is 11.3 Å². The molecule has 7 heteroatoms. The fourth-order valence-corrected chi connectivity index (χ4v) is 2.65. The first-order chi connectivity index (χ1) is 9.88. The minimum Gasteiger partial charge on any atom is -0.462 e. The maximum absolute atomic E-state index is 12.0. The standard InChI is InChI=1S/C14H20N2O4S/c1-5-10-7-11(14(19)20-6-2)13(21-10)16-12(18)8(3)15-9(4)17/h7-8H,5-6H2,1-4H3,(H,15,17)(H,16,18). The second kappa shape index (κ2) is 7.78. The van der Waals surface area contributed by atoms with Gasteiger partial charge in [-0.25, -0.2) is 4.79 Å². The van der Waals surface area contributed by atoms with Gasteiger partial charge in [-0.2, -0.15) is 0 Å². The molecule has 0 aliphatic heterocycles. The number of rotatable bonds is 6. The number of carbonyl (C=O) groups is 3. The molecule has 0 saturated heterocycles. The lowest BCUT2D eigenvalue weighted by Crippen LogP contribution is -2.40. The van der Waals surface area contributed by atoms with Crippen molar-refractivity contribution < 1.29 is 19.1 Å². The molecule has 2 N–H and O–H groups in total. The second-order valence-corrected chi connectivity index (χ2v) is 5.58. The van der Waals surface area contributed by atoms with Crippen molar-refractivity contribution in [2.24, 2.45) is 0 Å². The number of amides is 2. The van der Waals surface area contributed by atoms with Crippen molar-refractivity contribution in [2.45, 2.75) is 40.2 Å². The number of anilines is 1. The van der Waals surface area contributed by atoms with Crippen LogP contribution in [-0.2, 0) is 20.7 Å². The number of esters is 1. The van der Waals surface area contributed by atoms with Crippen molar-refractivity contribution in [3.63, 3.8) is 0 Å². The molecule has 1 aromatic rings. The number of aryl methyl sites for hydroxylation is 1. The molecule has 1 rings (SSSR count). The van der Waals surface area contributed by atoms with Crippen molar-refractivity contribution in [2.75, 3.05) is 11.9 Å². The van der Waals surface area contributed by atoms with E-state index in [2.05, 4.69) is 10.6 Å². The van der Waals surface area contributed by atoms with E-state index in [1.54, 1.807) is 19.9 Å². The van der Waals surface area contributed by atoms with E-state index < -0.39 is 12.0 Å². The smallest absolute Gasteiger partial charge is 0.341 e. The monoisotopic (exact) mass is 312 g/mol. The molecule has 0 aliphatic rings. The summed E-state index contributed by atoms with van der Waals surface area (Å²) in [6, 6.07) is 1.05. The number of hydrogen-bond acceptors (Lipinski definition) is 5. The first kappa shape index (κ1) is 17.2. The van der Waals surface area contributed by atoms with Gasteiger partial charge < -0.3 is 15.4 Å². The number of hydrogen-bond donors (Lipinski definition) is 2. The van der Waals surface area contributed by atoms with Gasteiger partial charge in [-0.3, -0.25) is 9.59 Å². The van der Waals surface area contributed by atoms with Gasteiger partial charge in [-0.1, -0.05) is 6.92 Å².